The molecule has 10 nitrogen and oxygen atoms in total. The highest BCUT2D eigenvalue weighted by Gasteiger charge is 2.71. The largest absolute Gasteiger partial charge is 0.469 e. The van der Waals surface area contributed by atoms with E-state index in [0.29, 0.717) is 77.6 Å². The van der Waals surface area contributed by atoms with Gasteiger partial charge < -0.3 is 37.9 Å². The first-order valence-corrected chi connectivity index (χ1v) is 22.3. The maximum atomic E-state index is 13.8. The fourth-order valence-electron chi connectivity index (χ4n) is 13.5. The second-order valence-corrected chi connectivity index (χ2v) is 20.2. The minimum atomic E-state index is -0.563. The minimum Gasteiger partial charge on any atom is -0.469 e. The van der Waals surface area contributed by atoms with Gasteiger partial charge >= 0.3 is 11.9 Å². The van der Waals surface area contributed by atoms with Crippen LogP contribution in [0.5, 0.6) is 0 Å². The summed E-state index contributed by atoms with van der Waals surface area (Å²) in [6, 6.07) is 9.28. The number of ether oxygens (including phenoxy) is 8. The Morgan fingerprint density at radius 2 is 1.31 bits per heavy atom. The molecule has 324 valence electrons. The molecule has 4 saturated carbocycles. The number of allylic oxidation sites excluding steroid dienone is 2. The summed E-state index contributed by atoms with van der Waals surface area (Å²) in [4.78, 5) is 27.5. The van der Waals surface area contributed by atoms with Gasteiger partial charge in [0.2, 0.25) is 0 Å². The third-order valence-corrected chi connectivity index (χ3v) is 16.6. The second kappa shape index (κ2) is 17.6. The van der Waals surface area contributed by atoms with Crippen molar-refractivity contribution in [3.63, 3.8) is 0 Å². The van der Waals surface area contributed by atoms with Crippen molar-refractivity contribution < 1.29 is 47.5 Å². The lowest BCUT2D eigenvalue weighted by Gasteiger charge is -2.72. The van der Waals surface area contributed by atoms with E-state index in [2.05, 4.69) is 47.6 Å². The van der Waals surface area contributed by atoms with Crippen LogP contribution in [0.1, 0.15) is 110 Å². The topological polar surface area (TPSA) is 108 Å². The standard InChI is InChI=1S/C48H72O10/c1-43(2)17-19-48(42(50)51-7)20-18-46(5)35(36(48)31-43)13-14-39-44(3)32-37-40(57-30-28-55-26-24-53-22-21-52-23-25-54-27-29-56-37)45(4,38(44)15-16-47(39,46)6)33-58-41(49)34-11-9-8-10-12-34/h8-13,36-40H,14-33H2,1-7H3/t36-,37+,38+,39+,40-,44-,45-,46+,47+,48-/m0/s1. The first kappa shape index (κ1) is 43.7. The van der Waals surface area contributed by atoms with Crippen molar-refractivity contribution in [2.24, 2.45) is 50.2 Å². The van der Waals surface area contributed by atoms with Crippen molar-refractivity contribution in [2.75, 3.05) is 79.8 Å². The van der Waals surface area contributed by atoms with Gasteiger partial charge in [-0.2, -0.15) is 0 Å². The van der Waals surface area contributed by atoms with Gasteiger partial charge in [0, 0.05) is 5.41 Å². The van der Waals surface area contributed by atoms with Crippen molar-refractivity contribution in [3.05, 3.63) is 47.5 Å². The normalized spacial score (nSPS) is 41.3. The molecular weight excluding hydrogens is 737 g/mol. The van der Waals surface area contributed by atoms with Gasteiger partial charge in [0.1, 0.15) is 0 Å². The summed E-state index contributed by atoms with van der Waals surface area (Å²) in [7, 11) is 1.58. The Kier molecular flexibility index (Phi) is 13.2. The van der Waals surface area contributed by atoms with Crippen LogP contribution >= 0.6 is 0 Å². The lowest BCUT2D eigenvalue weighted by Crippen LogP contribution is -2.69. The lowest BCUT2D eigenvalue weighted by molar-refractivity contribution is -0.263. The first-order valence-electron chi connectivity index (χ1n) is 22.3. The maximum Gasteiger partial charge on any atom is 0.338 e. The Morgan fingerprint density at radius 1 is 0.707 bits per heavy atom. The summed E-state index contributed by atoms with van der Waals surface area (Å²) in [6.07, 6.45) is 10.6. The number of fused-ring (bicyclic) bond motifs is 8. The smallest absolute Gasteiger partial charge is 0.338 e. The number of rotatable bonds is 4. The molecule has 0 aromatic heterocycles. The molecule has 0 N–H and O–H groups in total. The first-order chi connectivity index (χ1) is 27.7. The molecule has 1 aromatic rings. The molecule has 1 heterocycles. The number of esters is 2. The van der Waals surface area contributed by atoms with E-state index in [1.54, 1.807) is 7.11 Å². The Morgan fingerprint density at radius 3 is 1.95 bits per heavy atom. The van der Waals surface area contributed by atoms with Crippen LogP contribution in [-0.4, -0.2) is 104 Å². The Hall–Kier alpha value is -2.34. The lowest BCUT2D eigenvalue weighted by atomic mass is 9.33. The Labute approximate surface area is 347 Å². The van der Waals surface area contributed by atoms with Crippen LogP contribution in [-0.2, 0) is 42.7 Å². The van der Waals surface area contributed by atoms with E-state index in [4.69, 9.17) is 37.9 Å². The molecule has 58 heavy (non-hydrogen) atoms. The molecule has 0 amide bonds. The summed E-state index contributed by atoms with van der Waals surface area (Å²) in [5.41, 5.74) is 0.946. The summed E-state index contributed by atoms with van der Waals surface area (Å²) in [5.74, 6) is 0.374. The second-order valence-electron chi connectivity index (χ2n) is 20.2. The fourth-order valence-corrected chi connectivity index (χ4v) is 13.5. The van der Waals surface area contributed by atoms with E-state index in [0.717, 1.165) is 57.8 Å². The van der Waals surface area contributed by atoms with E-state index in [-0.39, 0.29) is 64.2 Å². The van der Waals surface area contributed by atoms with Crippen LogP contribution in [0.2, 0.25) is 0 Å². The van der Waals surface area contributed by atoms with Gasteiger partial charge in [-0.3, -0.25) is 4.79 Å². The van der Waals surface area contributed by atoms with Gasteiger partial charge in [-0.05, 0) is 109 Å². The SMILES string of the molecule is COC(=O)[C@]12CCC(C)(C)C[C@H]1C1=CC[C@@H]3[C@@]4(C)C[C@H]5OCCOCCOCCOCCOCCO[C@@H]5[C@@](C)(COC(=O)c5ccccc5)[C@@H]4CC[C@@]3(C)[C@]1(C)CC2. The highest BCUT2D eigenvalue weighted by Crippen LogP contribution is 2.76. The van der Waals surface area contributed by atoms with Gasteiger partial charge in [-0.25, -0.2) is 4.79 Å². The average Bonchev–Trinajstić information content (AvgIpc) is 3.20. The van der Waals surface area contributed by atoms with Crippen molar-refractivity contribution in [1.82, 2.24) is 0 Å². The van der Waals surface area contributed by atoms with Gasteiger partial charge in [0.25, 0.3) is 0 Å². The van der Waals surface area contributed by atoms with E-state index < -0.39 is 10.8 Å². The zero-order valence-electron chi connectivity index (χ0n) is 36.6. The molecule has 1 aliphatic heterocycles. The summed E-state index contributed by atoms with van der Waals surface area (Å²) >= 11 is 0. The van der Waals surface area contributed by atoms with Gasteiger partial charge in [0.05, 0.1) is 103 Å². The number of hydrogen-bond donors (Lipinski definition) is 0. The van der Waals surface area contributed by atoms with Crippen molar-refractivity contribution in [1.29, 1.82) is 0 Å². The van der Waals surface area contributed by atoms with Crippen LogP contribution in [0.4, 0.5) is 0 Å². The molecule has 0 radical (unpaired) electrons. The van der Waals surface area contributed by atoms with Crippen molar-refractivity contribution in [3.8, 4) is 0 Å². The fraction of sp³-hybridized carbons (Fsp3) is 0.792. The van der Waals surface area contributed by atoms with Gasteiger partial charge in [0.15, 0.2) is 0 Å². The van der Waals surface area contributed by atoms with E-state index >= 15 is 0 Å². The highest BCUT2D eigenvalue weighted by molar-refractivity contribution is 5.89. The molecular formula is C48H72O10. The number of carbonyl (C=O) groups is 2. The summed E-state index contributed by atoms with van der Waals surface area (Å²) < 4.78 is 49.1. The van der Waals surface area contributed by atoms with Crippen LogP contribution in [0.3, 0.4) is 0 Å². The van der Waals surface area contributed by atoms with Crippen LogP contribution in [0, 0.1) is 50.2 Å². The third kappa shape index (κ3) is 7.97. The monoisotopic (exact) mass is 809 g/mol. The predicted molar refractivity (Wildman–Crippen MR) is 220 cm³/mol. The number of benzene rings is 1. The maximum absolute atomic E-state index is 13.8. The molecule has 5 fully saturated rings. The van der Waals surface area contributed by atoms with E-state index in [1.807, 2.05) is 30.3 Å². The molecule has 7 rings (SSSR count). The molecule has 1 aromatic carbocycles. The molecule has 0 spiro atoms. The number of methoxy groups -OCH3 is 1. The Balaban J connectivity index is 1.24. The highest BCUT2D eigenvalue weighted by atomic mass is 16.6. The molecule has 10 atom stereocenters. The molecule has 0 unspecified atom stereocenters. The van der Waals surface area contributed by atoms with E-state index in [1.165, 1.54) is 5.57 Å². The summed E-state index contributed by atoms with van der Waals surface area (Å²) in [6.45, 7) is 19.5. The van der Waals surface area contributed by atoms with Crippen LogP contribution in [0.15, 0.2) is 42.0 Å². The van der Waals surface area contributed by atoms with Crippen molar-refractivity contribution >= 4 is 11.9 Å². The number of carbonyl (C=O) groups excluding carboxylic acids is 2. The zero-order valence-corrected chi connectivity index (χ0v) is 36.6. The summed E-state index contributed by atoms with van der Waals surface area (Å²) in [5, 5.41) is 0. The quantitative estimate of drug-likeness (QED) is 0.218. The zero-order chi connectivity index (χ0) is 41.2. The van der Waals surface area contributed by atoms with Crippen LogP contribution < -0.4 is 0 Å². The van der Waals surface area contributed by atoms with Crippen molar-refractivity contribution in [2.45, 2.75) is 112 Å². The van der Waals surface area contributed by atoms with Crippen LogP contribution in [0.25, 0.3) is 0 Å². The molecule has 0 bridgehead atoms. The molecule has 10 heteroatoms. The minimum absolute atomic E-state index is 0.0171. The molecule has 1 saturated heterocycles. The van der Waals surface area contributed by atoms with Gasteiger partial charge in [-0.15, -0.1) is 0 Å². The average molecular weight is 809 g/mol. The van der Waals surface area contributed by atoms with E-state index in [9.17, 15) is 9.59 Å². The third-order valence-electron chi connectivity index (χ3n) is 16.6. The molecule has 5 aliphatic carbocycles. The Bertz CT molecular complexity index is 1610. The van der Waals surface area contributed by atoms with Gasteiger partial charge in [-0.1, -0.05) is 71.4 Å². The molecule has 6 aliphatic rings. The number of hydrogen-bond acceptors (Lipinski definition) is 10. The predicted octanol–water partition coefficient (Wildman–Crippen LogP) is 8.26.